The molecule has 0 amide bonds. The molecule has 0 aromatic carbocycles. The smallest absolute Gasteiger partial charge is 0.192 e. The van der Waals surface area contributed by atoms with Crippen molar-refractivity contribution in [2.75, 3.05) is 13.2 Å². The van der Waals surface area contributed by atoms with Crippen molar-refractivity contribution in [2.45, 2.75) is 117 Å². The molecule has 6 atom stereocenters. The van der Waals surface area contributed by atoms with Gasteiger partial charge in [0.25, 0.3) is 0 Å². The highest BCUT2D eigenvalue weighted by Gasteiger charge is 2.58. The molecule has 0 aromatic rings. The van der Waals surface area contributed by atoms with Crippen molar-refractivity contribution < 1.29 is 19.0 Å². The van der Waals surface area contributed by atoms with E-state index in [1.165, 1.54) is 0 Å². The van der Waals surface area contributed by atoms with E-state index in [9.17, 15) is 5.11 Å². The first-order chi connectivity index (χ1) is 16.1. The molecule has 1 aliphatic heterocycles. The topological polar surface area (TPSA) is 47.9 Å². The summed E-state index contributed by atoms with van der Waals surface area (Å²) in [4.78, 5) is 0. The molecule has 0 radical (unpaired) electrons. The maximum Gasteiger partial charge on any atom is 0.192 e. The Morgan fingerprint density at radius 1 is 1.20 bits per heavy atom. The molecule has 35 heavy (non-hydrogen) atoms. The molecular weight excluding hydrogens is 520 g/mol. The summed E-state index contributed by atoms with van der Waals surface area (Å²) in [5.41, 5.74) is 0.0696. The summed E-state index contributed by atoms with van der Waals surface area (Å²) in [5.74, 6) is 7.11. The Labute approximate surface area is 224 Å². The Kier molecular flexibility index (Phi) is 9.16. The zero-order chi connectivity index (χ0) is 26.2. The fourth-order valence-electron chi connectivity index (χ4n) is 5.51. The Morgan fingerprint density at radius 3 is 2.40 bits per heavy atom. The quantitative estimate of drug-likeness (QED) is 0.270. The van der Waals surface area contributed by atoms with Crippen LogP contribution in [-0.2, 0) is 13.9 Å². The van der Waals surface area contributed by atoms with Crippen molar-refractivity contribution in [3.8, 4) is 11.8 Å². The SMILES string of the molecule is CCC#CC[C@H](C)[C@H](O)/C(Br)=C/[C@@H]1[C@H]2CC3(C[C@H]2C[C@H]1O[Si](C)(C)C(C)(C)C)OCC(C)(C)CO3. The molecule has 3 rings (SSSR count). The zero-order valence-electron chi connectivity index (χ0n) is 23.5. The molecule has 3 fully saturated rings. The fourth-order valence-corrected chi connectivity index (χ4v) is 7.63. The van der Waals surface area contributed by atoms with Crippen LogP contribution in [0.4, 0.5) is 0 Å². The van der Waals surface area contributed by atoms with Crippen LogP contribution in [-0.4, -0.2) is 44.6 Å². The van der Waals surface area contributed by atoms with Crippen LogP contribution in [0.2, 0.25) is 18.1 Å². The first-order valence-corrected chi connectivity index (χ1v) is 17.3. The summed E-state index contributed by atoms with van der Waals surface area (Å²) >= 11 is 3.77. The van der Waals surface area contributed by atoms with Gasteiger partial charge in [0.15, 0.2) is 14.1 Å². The Bertz CT molecular complexity index is 824. The molecular formula is C29H49BrO4Si. The van der Waals surface area contributed by atoms with Crippen molar-refractivity contribution in [1.29, 1.82) is 0 Å². The predicted molar refractivity (Wildman–Crippen MR) is 150 cm³/mol. The second-order valence-electron chi connectivity index (χ2n) is 13.6. The molecule has 1 spiro atoms. The van der Waals surface area contributed by atoms with E-state index in [1.807, 2.05) is 0 Å². The molecule has 1 N–H and O–H groups in total. The van der Waals surface area contributed by atoms with E-state index in [2.05, 4.69) is 95.4 Å². The number of aliphatic hydroxyl groups excluding tert-OH is 1. The second kappa shape index (κ2) is 10.9. The molecule has 3 aliphatic rings. The summed E-state index contributed by atoms with van der Waals surface area (Å²) in [7, 11) is -1.94. The normalized spacial score (nSPS) is 32.1. The Hall–Kier alpha value is -0.163. The van der Waals surface area contributed by atoms with Crippen LogP contribution in [0.3, 0.4) is 0 Å². The fraction of sp³-hybridized carbons (Fsp3) is 0.862. The van der Waals surface area contributed by atoms with E-state index in [4.69, 9.17) is 13.9 Å². The lowest BCUT2D eigenvalue weighted by Crippen LogP contribution is -2.47. The highest BCUT2D eigenvalue weighted by Crippen LogP contribution is 2.57. The number of fused-ring (bicyclic) bond motifs is 1. The third-order valence-electron chi connectivity index (χ3n) is 8.79. The average Bonchev–Trinajstić information content (AvgIpc) is 3.24. The van der Waals surface area contributed by atoms with Crippen LogP contribution in [0.1, 0.15) is 80.6 Å². The summed E-state index contributed by atoms with van der Waals surface area (Å²) < 4.78 is 20.7. The van der Waals surface area contributed by atoms with E-state index < -0.39 is 20.2 Å². The van der Waals surface area contributed by atoms with Crippen LogP contribution in [0.15, 0.2) is 10.6 Å². The molecule has 1 heterocycles. The molecule has 6 heteroatoms. The lowest BCUT2D eigenvalue weighted by molar-refractivity contribution is -0.298. The number of ether oxygens (including phenoxy) is 2. The summed E-state index contributed by atoms with van der Waals surface area (Å²) in [5, 5.41) is 11.2. The van der Waals surface area contributed by atoms with Gasteiger partial charge in [-0.05, 0) is 42.3 Å². The minimum atomic E-state index is -1.94. The van der Waals surface area contributed by atoms with Gasteiger partial charge in [-0.1, -0.05) is 70.5 Å². The largest absolute Gasteiger partial charge is 0.413 e. The molecule has 0 aromatic heterocycles. The number of rotatable bonds is 6. The highest BCUT2D eigenvalue weighted by atomic mass is 79.9. The molecule has 2 saturated carbocycles. The van der Waals surface area contributed by atoms with Crippen molar-refractivity contribution in [1.82, 2.24) is 0 Å². The lowest BCUT2D eigenvalue weighted by Gasteiger charge is -2.43. The average molecular weight is 570 g/mol. The van der Waals surface area contributed by atoms with E-state index in [-0.39, 0.29) is 28.4 Å². The van der Waals surface area contributed by atoms with Gasteiger partial charge in [0.2, 0.25) is 0 Å². The van der Waals surface area contributed by atoms with Crippen molar-refractivity contribution in [3.05, 3.63) is 10.6 Å². The van der Waals surface area contributed by atoms with Crippen LogP contribution < -0.4 is 0 Å². The van der Waals surface area contributed by atoms with Gasteiger partial charge < -0.3 is 19.0 Å². The minimum absolute atomic E-state index is 0.0683. The Balaban J connectivity index is 1.83. The highest BCUT2D eigenvalue weighted by molar-refractivity contribution is 9.11. The van der Waals surface area contributed by atoms with Crippen molar-refractivity contribution in [3.63, 3.8) is 0 Å². The van der Waals surface area contributed by atoms with E-state index in [0.717, 1.165) is 43.4 Å². The van der Waals surface area contributed by atoms with Gasteiger partial charge in [-0.3, -0.25) is 0 Å². The van der Waals surface area contributed by atoms with E-state index >= 15 is 0 Å². The zero-order valence-corrected chi connectivity index (χ0v) is 26.1. The van der Waals surface area contributed by atoms with Gasteiger partial charge in [-0.2, -0.15) is 0 Å². The van der Waals surface area contributed by atoms with Gasteiger partial charge >= 0.3 is 0 Å². The number of hydrogen-bond donors (Lipinski definition) is 1. The molecule has 200 valence electrons. The number of hydrogen-bond acceptors (Lipinski definition) is 4. The molecule has 1 saturated heterocycles. The van der Waals surface area contributed by atoms with Gasteiger partial charge in [0.05, 0.1) is 25.4 Å². The van der Waals surface area contributed by atoms with Crippen LogP contribution in [0.25, 0.3) is 0 Å². The van der Waals surface area contributed by atoms with Crippen LogP contribution in [0, 0.1) is 40.9 Å². The molecule has 0 bridgehead atoms. The molecule has 0 unspecified atom stereocenters. The van der Waals surface area contributed by atoms with Gasteiger partial charge in [-0.15, -0.1) is 11.8 Å². The summed E-state index contributed by atoms with van der Waals surface area (Å²) in [6.07, 6.45) is 6.29. The molecule has 4 nitrogen and oxygen atoms in total. The van der Waals surface area contributed by atoms with Gasteiger partial charge in [0, 0.05) is 41.5 Å². The standard InChI is InChI=1S/C29H49BrO4Si/c1-10-11-12-13-20(2)26(31)24(30)15-22-23-17-29(32-18-28(6,7)19-33-29)16-21(23)14-25(22)34-35(8,9)27(3,4)5/h15,20-23,25-26,31H,10,13-14,16-19H2,1-9H3/b24-15-/t20-,21+,22+,23-,25+,26-/m0/s1. The minimum Gasteiger partial charge on any atom is -0.413 e. The van der Waals surface area contributed by atoms with E-state index in [0.29, 0.717) is 18.3 Å². The summed E-state index contributed by atoms with van der Waals surface area (Å²) in [6, 6.07) is 0. The third-order valence-corrected chi connectivity index (χ3v) is 14.0. The third kappa shape index (κ3) is 6.83. The number of halogens is 1. The van der Waals surface area contributed by atoms with Gasteiger partial charge in [-0.25, -0.2) is 0 Å². The predicted octanol–water partition coefficient (Wildman–Crippen LogP) is 7.27. The molecule has 2 aliphatic carbocycles. The first kappa shape index (κ1) is 29.4. The van der Waals surface area contributed by atoms with Gasteiger partial charge in [0.1, 0.15) is 0 Å². The lowest BCUT2D eigenvalue weighted by atomic mass is 9.89. The second-order valence-corrected chi connectivity index (χ2v) is 19.3. The van der Waals surface area contributed by atoms with Crippen molar-refractivity contribution >= 4 is 24.2 Å². The first-order valence-electron chi connectivity index (χ1n) is 13.6. The van der Waals surface area contributed by atoms with Crippen LogP contribution in [0.5, 0.6) is 0 Å². The monoisotopic (exact) mass is 568 g/mol. The maximum atomic E-state index is 11.1. The Morgan fingerprint density at radius 2 is 1.83 bits per heavy atom. The van der Waals surface area contributed by atoms with Crippen LogP contribution >= 0.6 is 15.9 Å². The summed E-state index contributed by atoms with van der Waals surface area (Å²) in [6.45, 7) is 21.6. The van der Waals surface area contributed by atoms with E-state index in [1.54, 1.807) is 0 Å². The van der Waals surface area contributed by atoms with Crippen molar-refractivity contribution in [2.24, 2.45) is 29.1 Å². The maximum absolute atomic E-state index is 11.1. The number of aliphatic hydroxyl groups is 1.